The first-order valence-electron chi connectivity index (χ1n) is 6.12. The predicted octanol–water partition coefficient (Wildman–Crippen LogP) is 0.490. The van der Waals surface area contributed by atoms with Crippen LogP contribution in [-0.4, -0.2) is 28.6 Å². The van der Waals surface area contributed by atoms with E-state index in [0.29, 0.717) is 12.4 Å². The van der Waals surface area contributed by atoms with Crippen LogP contribution in [0.5, 0.6) is 0 Å². The molecule has 0 spiro atoms. The summed E-state index contributed by atoms with van der Waals surface area (Å²) in [6, 6.07) is 0. The maximum atomic E-state index is 12.0. The van der Waals surface area contributed by atoms with Gasteiger partial charge in [-0.05, 0) is 19.8 Å². The average molecular weight is 250 g/mol. The molecule has 0 aromatic carbocycles. The van der Waals surface area contributed by atoms with E-state index in [0.717, 1.165) is 25.0 Å². The van der Waals surface area contributed by atoms with Crippen molar-refractivity contribution in [2.75, 3.05) is 12.3 Å². The van der Waals surface area contributed by atoms with E-state index in [1.54, 1.807) is 6.20 Å². The molecular formula is C12H18N4O2. The smallest absolute Gasteiger partial charge is 0.225 e. The minimum Gasteiger partial charge on any atom is -0.383 e. The van der Waals surface area contributed by atoms with Crippen molar-refractivity contribution >= 4 is 11.7 Å². The molecular weight excluding hydrogens is 232 g/mol. The van der Waals surface area contributed by atoms with Crippen LogP contribution in [0.4, 0.5) is 5.82 Å². The molecule has 0 unspecified atom stereocenters. The molecule has 98 valence electrons. The van der Waals surface area contributed by atoms with Gasteiger partial charge in [0.1, 0.15) is 12.1 Å². The fourth-order valence-electron chi connectivity index (χ4n) is 2.09. The van der Waals surface area contributed by atoms with E-state index in [4.69, 9.17) is 10.5 Å². The number of ether oxygens (including phenoxy) is 1. The van der Waals surface area contributed by atoms with E-state index in [1.807, 2.05) is 6.92 Å². The highest BCUT2D eigenvalue weighted by Crippen LogP contribution is 2.20. The molecule has 2 heterocycles. The maximum Gasteiger partial charge on any atom is 0.225 e. The molecule has 0 bridgehead atoms. The SMILES string of the molecule is C[C@@H]1OCCC[C@@H]1C(=O)NCc1cncnc1N. The van der Waals surface area contributed by atoms with Crippen molar-refractivity contribution in [3.05, 3.63) is 18.1 Å². The summed E-state index contributed by atoms with van der Waals surface area (Å²) < 4.78 is 5.48. The quantitative estimate of drug-likeness (QED) is 0.814. The van der Waals surface area contributed by atoms with Gasteiger partial charge >= 0.3 is 0 Å². The lowest BCUT2D eigenvalue weighted by Gasteiger charge is -2.28. The van der Waals surface area contributed by atoms with Crippen LogP contribution in [0.2, 0.25) is 0 Å². The Balaban J connectivity index is 1.90. The number of hydrogen-bond acceptors (Lipinski definition) is 5. The summed E-state index contributed by atoms with van der Waals surface area (Å²) in [5.41, 5.74) is 6.42. The van der Waals surface area contributed by atoms with Crippen LogP contribution in [0.15, 0.2) is 12.5 Å². The van der Waals surface area contributed by atoms with Crippen LogP contribution in [0.3, 0.4) is 0 Å². The zero-order chi connectivity index (χ0) is 13.0. The molecule has 6 nitrogen and oxygen atoms in total. The normalized spacial score (nSPS) is 23.6. The fraction of sp³-hybridized carbons (Fsp3) is 0.583. The number of amides is 1. The van der Waals surface area contributed by atoms with Crippen LogP contribution in [0, 0.1) is 5.92 Å². The lowest BCUT2D eigenvalue weighted by Crippen LogP contribution is -2.40. The van der Waals surface area contributed by atoms with Gasteiger partial charge in [-0.1, -0.05) is 0 Å². The molecule has 1 aromatic rings. The molecule has 6 heteroatoms. The maximum absolute atomic E-state index is 12.0. The number of aromatic nitrogens is 2. The van der Waals surface area contributed by atoms with Gasteiger partial charge in [-0.2, -0.15) is 0 Å². The largest absolute Gasteiger partial charge is 0.383 e. The topological polar surface area (TPSA) is 90.1 Å². The number of carbonyl (C=O) groups excluding carboxylic acids is 1. The van der Waals surface area contributed by atoms with Gasteiger partial charge in [-0.3, -0.25) is 4.79 Å². The third kappa shape index (κ3) is 2.95. The van der Waals surface area contributed by atoms with E-state index in [2.05, 4.69) is 15.3 Å². The van der Waals surface area contributed by atoms with Crippen LogP contribution >= 0.6 is 0 Å². The number of nitrogen functional groups attached to an aromatic ring is 1. The van der Waals surface area contributed by atoms with E-state index in [1.165, 1.54) is 6.33 Å². The number of anilines is 1. The van der Waals surface area contributed by atoms with Crippen molar-refractivity contribution in [3.63, 3.8) is 0 Å². The monoisotopic (exact) mass is 250 g/mol. The Labute approximate surface area is 106 Å². The second-order valence-electron chi connectivity index (χ2n) is 4.48. The molecule has 0 saturated carbocycles. The fourth-order valence-corrected chi connectivity index (χ4v) is 2.09. The third-order valence-corrected chi connectivity index (χ3v) is 3.22. The second-order valence-corrected chi connectivity index (χ2v) is 4.48. The standard InChI is InChI=1S/C12H18N4O2/c1-8-10(3-2-4-18-8)12(17)15-6-9-5-14-7-16-11(9)13/h5,7-8,10H,2-4,6H2,1H3,(H,15,17)(H2,13,14,16)/t8-,10-/m0/s1. The highest BCUT2D eigenvalue weighted by Gasteiger charge is 2.28. The van der Waals surface area contributed by atoms with Crippen LogP contribution in [0.25, 0.3) is 0 Å². The summed E-state index contributed by atoms with van der Waals surface area (Å²) in [4.78, 5) is 19.8. The number of nitrogens with zero attached hydrogens (tertiary/aromatic N) is 2. The molecule has 0 radical (unpaired) electrons. The summed E-state index contributed by atoms with van der Waals surface area (Å²) in [6.07, 6.45) is 4.77. The summed E-state index contributed by atoms with van der Waals surface area (Å²) in [5, 5.41) is 2.86. The van der Waals surface area contributed by atoms with Gasteiger partial charge in [0.2, 0.25) is 5.91 Å². The van der Waals surface area contributed by atoms with Crippen LogP contribution < -0.4 is 11.1 Å². The van der Waals surface area contributed by atoms with Gasteiger partial charge in [0.15, 0.2) is 0 Å². The van der Waals surface area contributed by atoms with E-state index >= 15 is 0 Å². The Kier molecular flexibility index (Phi) is 4.09. The summed E-state index contributed by atoms with van der Waals surface area (Å²) >= 11 is 0. The number of rotatable bonds is 3. The Hall–Kier alpha value is -1.69. The van der Waals surface area contributed by atoms with E-state index in [9.17, 15) is 4.79 Å². The van der Waals surface area contributed by atoms with Crippen LogP contribution in [-0.2, 0) is 16.1 Å². The van der Waals surface area contributed by atoms with Gasteiger partial charge in [0.25, 0.3) is 0 Å². The molecule has 1 amide bonds. The summed E-state index contributed by atoms with van der Waals surface area (Å²) in [7, 11) is 0. The van der Waals surface area contributed by atoms with E-state index < -0.39 is 0 Å². The first-order chi connectivity index (χ1) is 8.68. The molecule has 2 atom stereocenters. The van der Waals surface area contributed by atoms with Gasteiger partial charge in [-0.25, -0.2) is 9.97 Å². The number of nitrogens with one attached hydrogen (secondary N) is 1. The minimum absolute atomic E-state index is 0.00505. The zero-order valence-corrected chi connectivity index (χ0v) is 10.4. The first kappa shape index (κ1) is 12.8. The van der Waals surface area contributed by atoms with Crippen molar-refractivity contribution in [2.24, 2.45) is 5.92 Å². The van der Waals surface area contributed by atoms with Crippen molar-refractivity contribution in [2.45, 2.75) is 32.4 Å². The Bertz CT molecular complexity index is 424. The van der Waals surface area contributed by atoms with Gasteiger partial charge in [-0.15, -0.1) is 0 Å². The Morgan fingerprint density at radius 1 is 1.67 bits per heavy atom. The van der Waals surface area contributed by atoms with Crippen molar-refractivity contribution < 1.29 is 9.53 Å². The molecule has 1 aliphatic rings. The van der Waals surface area contributed by atoms with Crippen molar-refractivity contribution in [1.29, 1.82) is 0 Å². The number of carbonyl (C=O) groups is 1. The van der Waals surface area contributed by atoms with Crippen molar-refractivity contribution in [3.8, 4) is 0 Å². The van der Waals surface area contributed by atoms with E-state index in [-0.39, 0.29) is 17.9 Å². The second kappa shape index (κ2) is 5.77. The highest BCUT2D eigenvalue weighted by molar-refractivity contribution is 5.79. The summed E-state index contributed by atoms with van der Waals surface area (Å²) in [6.45, 7) is 3.03. The molecule has 1 aliphatic heterocycles. The molecule has 1 aromatic heterocycles. The number of hydrogen-bond donors (Lipinski definition) is 2. The van der Waals surface area contributed by atoms with Crippen LogP contribution in [0.1, 0.15) is 25.3 Å². The zero-order valence-electron chi connectivity index (χ0n) is 10.4. The molecule has 2 rings (SSSR count). The molecule has 0 aliphatic carbocycles. The molecule has 18 heavy (non-hydrogen) atoms. The Morgan fingerprint density at radius 3 is 3.22 bits per heavy atom. The lowest BCUT2D eigenvalue weighted by atomic mass is 9.94. The highest BCUT2D eigenvalue weighted by atomic mass is 16.5. The Morgan fingerprint density at radius 2 is 2.50 bits per heavy atom. The van der Waals surface area contributed by atoms with Crippen molar-refractivity contribution in [1.82, 2.24) is 15.3 Å². The van der Waals surface area contributed by atoms with Gasteiger partial charge in [0, 0.05) is 24.9 Å². The lowest BCUT2D eigenvalue weighted by molar-refractivity contribution is -0.133. The first-order valence-corrected chi connectivity index (χ1v) is 6.12. The van der Waals surface area contributed by atoms with Gasteiger partial charge in [0.05, 0.1) is 12.0 Å². The minimum atomic E-state index is -0.0791. The molecule has 1 saturated heterocycles. The molecule has 1 fully saturated rings. The van der Waals surface area contributed by atoms with Gasteiger partial charge < -0.3 is 15.8 Å². The predicted molar refractivity (Wildman–Crippen MR) is 66.4 cm³/mol. The molecule has 3 N–H and O–H groups in total. The number of nitrogens with two attached hydrogens (primary N) is 1. The third-order valence-electron chi connectivity index (χ3n) is 3.22. The summed E-state index contributed by atoms with van der Waals surface area (Å²) in [5.74, 6) is 0.327. The average Bonchev–Trinajstić information content (AvgIpc) is 2.38.